The molecule has 0 unspecified atom stereocenters. The van der Waals surface area contributed by atoms with Crippen LogP contribution in [0.4, 0.5) is 5.69 Å². The Balaban J connectivity index is 2.34. The predicted molar refractivity (Wildman–Crippen MR) is 93.8 cm³/mol. The maximum atomic E-state index is 12.8. The number of hydrogen-bond acceptors (Lipinski definition) is 4. The van der Waals surface area contributed by atoms with Crippen LogP contribution < -0.4 is 4.90 Å². The molecule has 5 nitrogen and oxygen atoms in total. The van der Waals surface area contributed by atoms with E-state index in [1.807, 2.05) is 30.3 Å². The van der Waals surface area contributed by atoms with Crippen LogP contribution in [0.15, 0.2) is 53.5 Å². The number of likely N-dealkylation sites (N-methyl/N-ethyl adjacent to an activating group) is 1. The quantitative estimate of drug-likeness (QED) is 0.893. The molecule has 6 heteroatoms. The lowest BCUT2D eigenvalue weighted by Gasteiger charge is -2.27. The van der Waals surface area contributed by atoms with E-state index in [-0.39, 0.29) is 0 Å². The molecular weight excluding hydrogens is 328 g/mol. The molecule has 3 rings (SSSR count). The fourth-order valence-electron chi connectivity index (χ4n) is 2.81. The Bertz CT molecular complexity index is 801. The molecule has 24 heavy (non-hydrogen) atoms. The van der Waals surface area contributed by atoms with Crippen molar-refractivity contribution in [3.05, 3.63) is 64.7 Å². The summed E-state index contributed by atoms with van der Waals surface area (Å²) < 4.78 is 0. The molecule has 2 aromatic carbocycles. The average Bonchev–Trinajstić information content (AvgIpc) is 2.71. The fourth-order valence-corrected chi connectivity index (χ4v) is 2.98. The van der Waals surface area contributed by atoms with Gasteiger partial charge in [0.2, 0.25) is 0 Å². The second-order valence-electron chi connectivity index (χ2n) is 5.70. The van der Waals surface area contributed by atoms with Gasteiger partial charge in [0.25, 0.3) is 5.91 Å². The predicted octanol–water partition coefficient (Wildman–Crippen LogP) is 1.88. The molecular formula is C18H17ClN2O3. The van der Waals surface area contributed by atoms with Crippen LogP contribution in [0, 0.1) is 0 Å². The molecule has 0 aromatic heterocycles. The molecule has 1 aliphatic heterocycles. The van der Waals surface area contributed by atoms with Crippen LogP contribution in [0.25, 0.3) is 0 Å². The lowest BCUT2D eigenvalue weighted by molar-refractivity contribution is -0.126. The van der Waals surface area contributed by atoms with E-state index in [9.17, 15) is 15.0 Å². The first-order valence-corrected chi connectivity index (χ1v) is 7.85. The van der Waals surface area contributed by atoms with Crippen molar-refractivity contribution in [2.45, 2.75) is 5.54 Å². The summed E-state index contributed by atoms with van der Waals surface area (Å²) in [7, 11) is 1.60. The molecule has 0 aliphatic carbocycles. The van der Waals surface area contributed by atoms with Gasteiger partial charge in [0, 0.05) is 23.2 Å². The van der Waals surface area contributed by atoms with Gasteiger partial charge in [-0.3, -0.25) is 9.79 Å². The van der Waals surface area contributed by atoms with Crippen molar-refractivity contribution in [1.29, 1.82) is 0 Å². The Hall–Kier alpha value is -2.21. The van der Waals surface area contributed by atoms with Gasteiger partial charge in [0.05, 0.1) is 24.6 Å². The third-order valence-electron chi connectivity index (χ3n) is 4.17. The van der Waals surface area contributed by atoms with E-state index in [0.29, 0.717) is 22.0 Å². The maximum Gasteiger partial charge on any atom is 0.259 e. The largest absolute Gasteiger partial charge is 0.393 e. The summed E-state index contributed by atoms with van der Waals surface area (Å²) in [5.41, 5.74) is 0.944. The molecule has 124 valence electrons. The van der Waals surface area contributed by atoms with Crippen molar-refractivity contribution in [2.24, 2.45) is 4.99 Å². The van der Waals surface area contributed by atoms with Gasteiger partial charge in [0.1, 0.15) is 0 Å². The van der Waals surface area contributed by atoms with E-state index in [1.165, 1.54) is 4.90 Å². The van der Waals surface area contributed by atoms with Gasteiger partial charge in [-0.15, -0.1) is 0 Å². The van der Waals surface area contributed by atoms with Crippen molar-refractivity contribution in [3.8, 4) is 0 Å². The van der Waals surface area contributed by atoms with E-state index < -0.39 is 24.7 Å². The summed E-state index contributed by atoms with van der Waals surface area (Å²) in [5.74, 6) is -0.470. The number of nitrogens with zero attached hydrogens (tertiary/aromatic N) is 2. The summed E-state index contributed by atoms with van der Waals surface area (Å²) in [5, 5.41) is 20.1. The monoisotopic (exact) mass is 344 g/mol. The summed E-state index contributed by atoms with van der Waals surface area (Å²) in [4.78, 5) is 18.7. The highest BCUT2D eigenvalue weighted by atomic mass is 35.5. The zero-order chi connectivity index (χ0) is 17.3. The van der Waals surface area contributed by atoms with Crippen LogP contribution in [-0.4, -0.2) is 47.6 Å². The van der Waals surface area contributed by atoms with E-state index in [1.54, 1.807) is 25.2 Å². The molecule has 0 saturated carbocycles. The normalized spacial score (nSPS) is 16.4. The van der Waals surface area contributed by atoms with Crippen LogP contribution in [-0.2, 0) is 4.79 Å². The van der Waals surface area contributed by atoms with Crippen molar-refractivity contribution >= 4 is 28.9 Å². The number of benzodiazepines with no additional fused rings is 1. The molecule has 2 N–H and O–H groups in total. The number of carbonyl (C=O) groups excluding carboxylic acids is 1. The number of halogens is 1. The number of aliphatic hydroxyl groups excluding tert-OH is 2. The number of aliphatic hydroxyl groups is 2. The van der Waals surface area contributed by atoms with Gasteiger partial charge in [-0.2, -0.15) is 0 Å². The molecule has 1 aliphatic rings. The first-order chi connectivity index (χ1) is 11.5. The Labute approximate surface area is 144 Å². The first kappa shape index (κ1) is 16.6. The Morgan fingerprint density at radius 1 is 1.12 bits per heavy atom. The standard InChI is InChI=1S/C18H17ClN2O3/c1-21-15-8-7-13(19)9-14(15)16(12-5-3-2-4-6-12)20-18(10-22,11-23)17(21)24/h2-9,22-23H,10-11H2,1H3. The average molecular weight is 345 g/mol. The summed E-state index contributed by atoms with van der Waals surface area (Å²) in [6.45, 7) is -1.19. The van der Waals surface area contributed by atoms with Crippen LogP contribution in [0.3, 0.4) is 0 Å². The molecule has 0 atom stereocenters. The van der Waals surface area contributed by atoms with Gasteiger partial charge in [-0.25, -0.2) is 0 Å². The fraction of sp³-hybridized carbons (Fsp3) is 0.222. The van der Waals surface area contributed by atoms with Crippen LogP contribution in [0.1, 0.15) is 11.1 Å². The van der Waals surface area contributed by atoms with E-state index in [2.05, 4.69) is 4.99 Å². The number of benzene rings is 2. The van der Waals surface area contributed by atoms with E-state index in [4.69, 9.17) is 11.6 Å². The second-order valence-corrected chi connectivity index (χ2v) is 6.14. The van der Waals surface area contributed by atoms with Crippen LogP contribution in [0.2, 0.25) is 5.02 Å². The topological polar surface area (TPSA) is 73.1 Å². The van der Waals surface area contributed by atoms with Crippen LogP contribution in [0.5, 0.6) is 0 Å². The molecule has 0 spiro atoms. The molecule has 1 amide bonds. The Morgan fingerprint density at radius 3 is 2.42 bits per heavy atom. The van der Waals surface area contributed by atoms with Crippen molar-refractivity contribution in [2.75, 3.05) is 25.2 Å². The van der Waals surface area contributed by atoms with E-state index in [0.717, 1.165) is 5.56 Å². The molecule has 0 radical (unpaired) electrons. The molecule has 0 fully saturated rings. The highest BCUT2D eigenvalue weighted by Crippen LogP contribution is 2.33. The zero-order valence-electron chi connectivity index (χ0n) is 13.1. The van der Waals surface area contributed by atoms with Crippen molar-refractivity contribution < 1.29 is 15.0 Å². The van der Waals surface area contributed by atoms with Gasteiger partial charge >= 0.3 is 0 Å². The highest BCUT2D eigenvalue weighted by Gasteiger charge is 2.43. The van der Waals surface area contributed by atoms with Crippen molar-refractivity contribution in [3.63, 3.8) is 0 Å². The maximum absolute atomic E-state index is 12.8. The SMILES string of the molecule is CN1C(=O)C(CO)(CO)N=C(c2ccccc2)c2cc(Cl)ccc21. The summed E-state index contributed by atoms with van der Waals surface area (Å²) >= 11 is 6.15. The Morgan fingerprint density at radius 2 is 1.79 bits per heavy atom. The van der Waals surface area contributed by atoms with Gasteiger partial charge < -0.3 is 15.1 Å². The Kier molecular flexibility index (Phi) is 4.41. The number of fused-ring (bicyclic) bond motifs is 1. The number of anilines is 1. The van der Waals surface area contributed by atoms with Gasteiger partial charge in [-0.1, -0.05) is 41.9 Å². The molecule has 2 aromatic rings. The number of aliphatic imine (C=N–C) groups is 1. The number of hydrogen-bond donors (Lipinski definition) is 2. The third-order valence-corrected chi connectivity index (χ3v) is 4.41. The number of rotatable bonds is 3. The first-order valence-electron chi connectivity index (χ1n) is 7.47. The minimum absolute atomic E-state index is 0.470. The second kappa shape index (κ2) is 6.36. The lowest BCUT2D eigenvalue weighted by Crippen LogP contribution is -2.51. The van der Waals surface area contributed by atoms with Gasteiger partial charge in [0.15, 0.2) is 5.54 Å². The number of amides is 1. The third kappa shape index (κ3) is 2.60. The van der Waals surface area contributed by atoms with Gasteiger partial charge in [-0.05, 0) is 18.2 Å². The number of carbonyl (C=O) groups is 1. The lowest BCUT2D eigenvalue weighted by atomic mass is 9.99. The molecule has 1 heterocycles. The zero-order valence-corrected chi connectivity index (χ0v) is 13.9. The molecule has 0 saturated heterocycles. The highest BCUT2D eigenvalue weighted by molar-refractivity contribution is 6.32. The summed E-state index contributed by atoms with van der Waals surface area (Å²) in [6.07, 6.45) is 0. The minimum Gasteiger partial charge on any atom is -0.393 e. The van der Waals surface area contributed by atoms with Crippen LogP contribution >= 0.6 is 11.6 Å². The van der Waals surface area contributed by atoms with Crippen molar-refractivity contribution in [1.82, 2.24) is 0 Å². The minimum atomic E-state index is -1.63. The smallest absolute Gasteiger partial charge is 0.259 e. The molecule has 0 bridgehead atoms. The summed E-state index contributed by atoms with van der Waals surface area (Å²) in [6, 6.07) is 14.5. The van der Waals surface area contributed by atoms with E-state index >= 15 is 0 Å².